The van der Waals surface area contributed by atoms with E-state index in [1.165, 1.54) is 18.2 Å². The molecule has 0 amide bonds. The van der Waals surface area contributed by atoms with Gasteiger partial charge >= 0.3 is 12.1 Å². The fraction of sp³-hybridized carbons (Fsp3) is 0.250. The molecule has 0 fully saturated rings. The van der Waals surface area contributed by atoms with E-state index >= 15 is 0 Å². The molecule has 0 bridgehead atoms. The molecule has 0 aliphatic carbocycles. The van der Waals surface area contributed by atoms with Crippen molar-refractivity contribution >= 4 is 5.97 Å². The number of fused-ring (bicyclic) bond motifs is 1. The Hall–Kier alpha value is -2.88. The van der Waals surface area contributed by atoms with Crippen LogP contribution < -0.4 is 10.1 Å². The molecule has 2 aromatic rings. The molecule has 1 unspecified atom stereocenters. The van der Waals surface area contributed by atoms with Gasteiger partial charge < -0.3 is 20.3 Å². The van der Waals surface area contributed by atoms with Crippen molar-refractivity contribution in [1.82, 2.24) is 10.3 Å². The molecule has 0 radical (unpaired) electrons. The average Bonchev–Trinajstić information content (AvgIpc) is 2.77. The first-order chi connectivity index (χ1) is 12.2. The maximum absolute atomic E-state index is 13.8. The van der Waals surface area contributed by atoms with E-state index in [4.69, 9.17) is 14.6 Å². The molecule has 1 aromatic heterocycles. The quantitative estimate of drug-likeness (QED) is 0.665. The summed E-state index contributed by atoms with van der Waals surface area (Å²) < 4.78 is 51.2. The van der Waals surface area contributed by atoms with Gasteiger partial charge in [-0.05, 0) is 18.2 Å². The SMILES string of the molecule is O=C(O)C(F)(F)F.Oc1cccc(F)c1C1COc2ccncc2CN1. The van der Waals surface area contributed by atoms with E-state index in [-0.39, 0.29) is 17.9 Å². The number of aromatic hydroxyl groups is 1. The van der Waals surface area contributed by atoms with Crippen LogP contribution in [-0.2, 0) is 11.3 Å². The number of phenolic OH excluding ortho intramolecular Hbond substituents is 1. The van der Waals surface area contributed by atoms with Gasteiger partial charge in [0.1, 0.15) is 23.9 Å². The van der Waals surface area contributed by atoms with Crippen LogP contribution in [0.15, 0.2) is 36.7 Å². The zero-order valence-corrected chi connectivity index (χ0v) is 13.1. The number of alkyl halides is 3. The zero-order valence-electron chi connectivity index (χ0n) is 13.1. The first-order valence-electron chi connectivity index (χ1n) is 7.26. The lowest BCUT2D eigenvalue weighted by atomic mass is 10.1. The molecule has 0 saturated carbocycles. The monoisotopic (exact) mass is 374 g/mol. The van der Waals surface area contributed by atoms with E-state index in [2.05, 4.69) is 10.3 Å². The van der Waals surface area contributed by atoms with Gasteiger partial charge in [0.15, 0.2) is 0 Å². The maximum Gasteiger partial charge on any atom is 0.490 e. The summed E-state index contributed by atoms with van der Waals surface area (Å²) in [4.78, 5) is 12.9. The Kier molecular flexibility index (Phi) is 5.98. The van der Waals surface area contributed by atoms with Crippen LogP contribution in [0.3, 0.4) is 0 Å². The van der Waals surface area contributed by atoms with Crippen molar-refractivity contribution in [1.29, 1.82) is 0 Å². The molecule has 1 atom stereocenters. The number of aromatic nitrogens is 1. The maximum atomic E-state index is 13.8. The van der Waals surface area contributed by atoms with Gasteiger partial charge in [-0.3, -0.25) is 4.98 Å². The molecule has 1 aromatic carbocycles. The number of hydrogen-bond donors (Lipinski definition) is 3. The van der Waals surface area contributed by atoms with Crippen molar-refractivity contribution in [3.05, 3.63) is 53.6 Å². The average molecular weight is 374 g/mol. The molecule has 0 saturated heterocycles. The number of carboxylic acid groups (broad SMARTS) is 1. The molecule has 1 aliphatic rings. The Labute approximate surface area is 145 Å². The number of nitrogens with one attached hydrogen (secondary N) is 1. The number of halogens is 4. The number of carbonyl (C=O) groups is 1. The van der Waals surface area contributed by atoms with Crippen LogP contribution in [0.5, 0.6) is 11.5 Å². The second-order valence-corrected chi connectivity index (χ2v) is 5.20. The second kappa shape index (κ2) is 8.00. The predicted octanol–water partition coefficient (Wildman–Crippen LogP) is 2.78. The fourth-order valence-corrected chi connectivity index (χ4v) is 2.21. The standard InChI is InChI=1S/C14H13FN2O2.C2HF3O2/c15-10-2-1-3-12(18)14(10)11-8-19-13-4-5-16-6-9(13)7-17-11;3-2(4,5)1(6)7/h1-6,11,17-18H,7-8H2;(H,6,7). The van der Waals surface area contributed by atoms with Gasteiger partial charge in [0.2, 0.25) is 0 Å². The van der Waals surface area contributed by atoms with Crippen molar-refractivity contribution in [3.63, 3.8) is 0 Å². The van der Waals surface area contributed by atoms with Gasteiger partial charge in [-0.25, -0.2) is 9.18 Å². The zero-order chi connectivity index (χ0) is 19.3. The number of rotatable bonds is 1. The van der Waals surface area contributed by atoms with E-state index in [1.807, 2.05) is 0 Å². The molecule has 2 heterocycles. The van der Waals surface area contributed by atoms with Gasteiger partial charge in [-0.2, -0.15) is 13.2 Å². The van der Waals surface area contributed by atoms with Crippen LogP contribution in [0.1, 0.15) is 17.2 Å². The number of carboxylic acids is 1. The first kappa shape index (κ1) is 19.4. The minimum Gasteiger partial charge on any atom is -0.507 e. The van der Waals surface area contributed by atoms with Crippen molar-refractivity contribution in [3.8, 4) is 11.5 Å². The molecule has 6 nitrogen and oxygen atoms in total. The Morgan fingerprint density at radius 2 is 2.00 bits per heavy atom. The van der Waals surface area contributed by atoms with Gasteiger partial charge in [-0.1, -0.05) is 6.07 Å². The Balaban J connectivity index is 0.000000298. The van der Waals surface area contributed by atoms with Crippen LogP contribution in [0, 0.1) is 5.82 Å². The number of pyridine rings is 1. The third kappa shape index (κ3) is 4.82. The van der Waals surface area contributed by atoms with E-state index in [0.717, 1.165) is 11.3 Å². The molecular formula is C16H14F4N2O4. The van der Waals surface area contributed by atoms with E-state index in [1.54, 1.807) is 18.5 Å². The van der Waals surface area contributed by atoms with Crippen LogP contribution in [-0.4, -0.2) is 33.9 Å². The number of benzene rings is 1. The van der Waals surface area contributed by atoms with Gasteiger partial charge in [-0.15, -0.1) is 0 Å². The largest absolute Gasteiger partial charge is 0.507 e. The van der Waals surface area contributed by atoms with Gasteiger partial charge in [0, 0.05) is 30.1 Å². The normalized spacial score (nSPS) is 16.4. The minimum atomic E-state index is -5.08. The smallest absolute Gasteiger partial charge is 0.490 e. The summed E-state index contributed by atoms with van der Waals surface area (Å²) in [5, 5.41) is 20.1. The lowest BCUT2D eigenvalue weighted by molar-refractivity contribution is -0.192. The summed E-state index contributed by atoms with van der Waals surface area (Å²) in [6, 6.07) is 5.66. The van der Waals surface area contributed by atoms with Crippen molar-refractivity contribution in [2.75, 3.05) is 6.61 Å². The van der Waals surface area contributed by atoms with Crippen molar-refractivity contribution < 1.29 is 37.3 Å². The highest BCUT2D eigenvalue weighted by molar-refractivity contribution is 5.73. The minimum absolute atomic E-state index is 0.0646. The fourth-order valence-electron chi connectivity index (χ4n) is 2.21. The third-order valence-electron chi connectivity index (χ3n) is 3.42. The molecule has 3 rings (SSSR count). The summed E-state index contributed by atoms with van der Waals surface area (Å²) in [7, 11) is 0. The van der Waals surface area contributed by atoms with Crippen LogP contribution in [0.25, 0.3) is 0 Å². The highest BCUT2D eigenvalue weighted by atomic mass is 19.4. The molecule has 140 valence electrons. The summed E-state index contributed by atoms with van der Waals surface area (Å²) in [5.41, 5.74) is 1.16. The number of aliphatic carboxylic acids is 1. The lowest BCUT2D eigenvalue weighted by Crippen LogP contribution is -2.24. The van der Waals surface area contributed by atoms with Gasteiger partial charge in [0.25, 0.3) is 0 Å². The van der Waals surface area contributed by atoms with E-state index in [9.17, 15) is 22.7 Å². The molecule has 0 spiro atoms. The van der Waals surface area contributed by atoms with Crippen LogP contribution >= 0.6 is 0 Å². The number of phenols is 1. The summed E-state index contributed by atoms with van der Waals surface area (Å²) in [6.45, 7) is 0.771. The predicted molar refractivity (Wildman–Crippen MR) is 81.1 cm³/mol. The van der Waals surface area contributed by atoms with Gasteiger partial charge in [0.05, 0.1) is 6.04 Å². The Morgan fingerprint density at radius 1 is 1.31 bits per heavy atom. The molecule has 1 aliphatic heterocycles. The molecular weight excluding hydrogens is 360 g/mol. The number of ether oxygens (including phenoxy) is 1. The van der Waals surface area contributed by atoms with E-state index < -0.39 is 24.0 Å². The second-order valence-electron chi connectivity index (χ2n) is 5.20. The third-order valence-corrected chi connectivity index (χ3v) is 3.42. The number of nitrogens with zero attached hydrogens (tertiary/aromatic N) is 1. The molecule has 26 heavy (non-hydrogen) atoms. The first-order valence-corrected chi connectivity index (χ1v) is 7.26. The Morgan fingerprint density at radius 3 is 2.62 bits per heavy atom. The summed E-state index contributed by atoms with van der Waals surface area (Å²) in [5.74, 6) is -2.52. The summed E-state index contributed by atoms with van der Waals surface area (Å²) >= 11 is 0. The van der Waals surface area contributed by atoms with Crippen LogP contribution in [0.4, 0.5) is 17.6 Å². The lowest BCUT2D eigenvalue weighted by Gasteiger charge is -2.17. The van der Waals surface area contributed by atoms with Crippen molar-refractivity contribution in [2.24, 2.45) is 0 Å². The topological polar surface area (TPSA) is 91.7 Å². The Bertz CT molecular complexity index is 736. The van der Waals surface area contributed by atoms with Crippen molar-refractivity contribution in [2.45, 2.75) is 18.8 Å². The molecule has 10 heteroatoms. The number of hydrogen-bond acceptors (Lipinski definition) is 5. The van der Waals surface area contributed by atoms with Crippen LogP contribution in [0.2, 0.25) is 0 Å². The highest BCUT2D eigenvalue weighted by Crippen LogP contribution is 2.30. The highest BCUT2D eigenvalue weighted by Gasteiger charge is 2.38. The summed E-state index contributed by atoms with van der Waals surface area (Å²) in [6.07, 6.45) is -1.72. The molecule has 3 N–H and O–H groups in total. The van der Waals surface area contributed by atoms with E-state index in [0.29, 0.717) is 6.54 Å².